The maximum absolute atomic E-state index is 11.9. The highest BCUT2D eigenvalue weighted by molar-refractivity contribution is 6.01. The molecule has 0 atom stereocenters. The molecule has 2 rings (SSSR count). The molecule has 1 amide bonds. The SMILES string of the molecule is COc1cc([N+](=O)[O-])ccc1NC(=O)c1ncc(C)o1. The normalized spacial score (nSPS) is 10.1. The van der Waals surface area contributed by atoms with E-state index in [1.54, 1.807) is 6.92 Å². The highest BCUT2D eigenvalue weighted by Crippen LogP contribution is 2.29. The number of methoxy groups -OCH3 is 1. The molecule has 1 N–H and O–H groups in total. The van der Waals surface area contributed by atoms with Crippen molar-refractivity contribution in [3.63, 3.8) is 0 Å². The van der Waals surface area contributed by atoms with Gasteiger partial charge < -0.3 is 14.5 Å². The lowest BCUT2D eigenvalue weighted by molar-refractivity contribution is -0.384. The molecule has 104 valence electrons. The van der Waals surface area contributed by atoms with Crippen LogP contribution in [0, 0.1) is 17.0 Å². The van der Waals surface area contributed by atoms with Gasteiger partial charge in [0.15, 0.2) is 0 Å². The van der Waals surface area contributed by atoms with Crippen LogP contribution < -0.4 is 10.1 Å². The number of non-ortho nitro benzene ring substituents is 1. The van der Waals surface area contributed by atoms with Crippen LogP contribution in [0.25, 0.3) is 0 Å². The van der Waals surface area contributed by atoms with Crippen LogP contribution in [-0.4, -0.2) is 22.9 Å². The summed E-state index contributed by atoms with van der Waals surface area (Å²) in [6.07, 6.45) is 1.42. The fraction of sp³-hybridized carbons (Fsp3) is 0.167. The molecule has 0 saturated carbocycles. The van der Waals surface area contributed by atoms with Crippen LogP contribution in [0.1, 0.15) is 16.4 Å². The number of aromatic nitrogens is 1. The van der Waals surface area contributed by atoms with Crippen molar-refractivity contribution < 1.29 is 18.9 Å². The van der Waals surface area contributed by atoms with E-state index in [0.717, 1.165) is 0 Å². The average molecular weight is 277 g/mol. The number of nitrogens with zero attached hydrogens (tertiary/aromatic N) is 2. The van der Waals surface area contributed by atoms with Crippen molar-refractivity contribution in [1.82, 2.24) is 4.98 Å². The number of nitro benzene ring substituents is 1. The second-order valence-corrected chi connectivity index (χ2v) is 3.87. The Morgan fingerprint density at radius 3 is 2.80 bits per heavy atom. The highest BCUT2D eigenvalue weighted by atomic mass is 16.6. The van der Waals surface area contributed by atoms with Crippen LogP contribution >= 0.6 is 0 Å². The van der Waals surface area contributed by atoms with E-state index in [2.05, 4.69) is 10.3 Å². The fourth-order valence-corrected chi connectivity index (χ4v) is 1.53. The predicted octanol–water partition coefficient (Wildman–Crippen LogP) is 2.15. The van der Waals surface area contributed by atoms with Crippen molar-refractivity contribution in [2.75, 3.05) is 12.4 Å². The lowest BCUT2D eigenvalue weighted by atomic mass is 10.2. The number of hydrogen-bond donors (Lipinski definition) is 1. The van der Waals surface area contributed by atoms with E-state index in [4.69, 9.17) is 9.15 Å². The summed E-state index contributed by atoms with van der Waals surface area (Å²) in [5.41, 5.74) is 0.158. The third-order valence-electron chi connectivity index (χ3n) is 2.46. The molecule has 0 aliphatic heterocycles. The number of amides is 1. The molecule has 0 bridgehead atoms. The number of aryl methyl sites for hydroxylation is 1. The summed E-state index contributed by atoms with van der Waals surface area (Å²) in [6.45, 7) is 1.66. The number of nitrogens with one attached hydrogen (secondary N) is 1. The van der Waals surface area contributed by atoms with Gasteiger partial charge in [0.1, 0.15) is 11.5 Å². The summed E-state index contributed by atoms with van der Waals surface area (Å²) < 4.78 is 10.1. The van der Waals surface area contributed by atoms with Crippen LogP contribution in [0.3, 0.4) is 0 Å². The Balaban J connectivity index is 2.25. The number of hydrogen-bond acceptors (Lipinski definition) is 6. The topological polar surface area (TPSA) is 108 Å². The van der Waals surface area contributed by atoms with E-state index >= 15 is 0 Å². The Morgan fingerprint density at radius 2 is 2.25 bits per heavy atom. The van der Waals surface area contributed by atoms with E-state index in [-0.39, 0.29) is 17.3 Å². The minimum absolute atomic E-state index is 0.0945. The summed E-state index contributed by atoms with van der Waals surface area (Å²) in [7, 11) is 1.35. The molecule has 0 unspecified atom stereocenters. The Hall–Kier alpha value is -2.90. The van der Waals surface area contributed by atoms with Crippen molar-refractivity contribution in [1.29, 1.82) is 0 Å². The lowest BCUT2D eigenvalue weighted by Gasteiger charge is -2.08. The van der Waals surface area contributed by atoms with Crippen molar-refractivity contribution in [3.05, 3.63) is 46.2 Å². The quantitative estimate of drug-likeness (QED) is 0.677. The first-order valence-corrected chi connectivity index (χ1v) is 5.57. The molecule has 8 nitrogen and oxygen atoms in total. The van der Waals surface area contributed by atoms with Gasteiger partial charge in [0.2, 0.25) is 0 Å². The summed E-state index contributed by atoms with van der Waals surface area (Å²) in [6, 6.07) is 3.86. The number of carbonyl (C=O) groups excluding carboxylic acids is 1. The summed E-state index contributed by atoms with van der Waals surface area (Å²) in [4.78, 5) is 25.8. The minimum Gasteiger partial charge on any atom is -0.494 e. The summed E-state index contributed by atoms with van der Waals surface area (Å²) >= 11 is 0. The zero-order valence-corrected chi connectivity index (χ0v) is 10.7. The third kappa shape index (κ3) is 2.74. The van der Waals surface area contributed by atoms with E-state index in [0.29, 0.717) is 11.4 Å². The molecule has 0 aliphatic rings. The molecule has 0 saturated heterocycles. The predicted molar refractivity (Wildman–Crippen MR) is 68.8 cm³/mol. The number of anilines is 1. The second kappa shape index (κ2) is 5.39. The molecule has 8 heteroatoms. The maximum atomic E-state index is 11.9. The first kappa shape index (κ1) is 13.5. The van der Waals surface area contributed by atoms with Gasteiger partial charge in [-0.3, -0.25) is 14.9 Å². The molecule has 20 heavy (non-hydrogen) atoms. The number of carbonyl (C=O) groups is 1. The molecule has 2 aromatic rings. The van der Waals surface area contributed by atoms with Gasteiger partial charge in [-0.25, -0.2) is 4.98 Å². The number of rotatable bonds is 4. The van der Waals surface area contributed by atoms with Crippen molar-refractivity contribution in [3.8, 4) is 5.75 Å². The van der Waals surface area contributed by atoms with E-state index in [1.807, 2.05) is 0 Å². The van der Waals surface area contributed by atoms with E-state index < -0.39 is 10.8 Å². The van der Waals surface area contributed by atoms with Gasteiger partial charge in [-0.15, -0.1) is 0 Å². The molecule has 0 fully saturated rings. The second-order valence-electron chi connectivity index (χ2n) is 3.87. The number of oxazole rings is 1. The number of ether oxygens (including phenoxy) is 1. The lowest BCUT2D eigenvalue weighted by Crippen LogP contribution is -2.13. The Bertz CT molecular complexity index is 665. The van der Waals surface area contributed by atoms with Crippen molar-refractivity contribution >= 4 is 17.3 Å². The van der Waals surface area contributed by atoms with Gasteiger partial charge in [-0.2, -0.15) is 0 Å². The Morgan fingerprint density at radius 1 is 1.50 bits per heavy atom. The maximum Gasteiger partial charge on any atom is 0.311 e. The molecule has 0 spiro atoms. The summed E-state index contributed by atoms with van der Waals surface area (Å²) in [5.74, 6) is 0.0230. The number of nitro groups is 1. The first-order chi connectivity index (χ1) is 9.51. The highest BCUT2D eigenvalue weighted by Gasteiger charge is 2.17. The van der Waals surface area contributed by atoms with Gasteiger partial charge in [0.05, 0.1) is 30.0 Å². The molecule has 0 radical (unpaired) electrons. The van der Waals surface area contributed by atoms with Gasteiger partial charge in [0, 0.05) is 6.07 Å². The van der Waals surface area contributed by atoms with E-state index in [1.165, 1.54) is 31.5 Å². The molecular weight excluding hydrogens is 266 g/mol. The Kier molecular flexibility index (Phi) is 3.65. The van der Waals surface area contributed by atoms with Crippen LogP contribution in [0.5, 0.6) is 5.75 Å². The molecule has 1 heterocycles. The van der Waals surface area contributed by atoms with Gasteiger partial charge in [0.25, 0.3) is 11.6 Å². The molecular formula is C12H11N3O5. The van der Waals surface area contributed by atoms with Gasteiger partial charge >= 0.3 is 5.91 Å². The van der Waals surface area contributed by atoms with Crippen LogP contribution in [0.2, 0.25) is 0 Å². The molecule has 1 aromatic carbocycles. The minimum atomic E-state index is -0.565. The number of benzene rings is 1. The standard InChI is InChI=1S/C12H11N3O5/c1-7-6-13-12(20-7)11(16)14-9-4-3-8(15(17)18)5-10(9)19-2/h3-6H,1-2H3,(H,14,16). The van der Waals surface area contributed by atoms with Gasteiger partial charge in [-0.05, 0) is 13.0 Å². The zero-order valence-electron chi connectivity index (χ0n) is 10.7. The van der Waals surface area contributed by atoms with Crippen LogP contribution in [0.15, 0.2) is 28.8 Å². The first-order valence-electron chi connectivity index (χ1n) is 5.57. The van der Waals surface area contributed by atoms with E-state index in [9.17, 15) is 14.9 Å². The van der Waals surface area contributed by atoms with Gasteiger partial charge in [-0.1, -0.05) is 0 Å². The van der Waals surface area contributed by atoms with Crippen molar-refractivity contribution in [2.24, 2.45) is 0 Å². The smallest absolute Gasteiger partial charge is 0.311 e. The molecule has 1 aromatic heterocycles. The average Bonchev–Trinajstić information content (AvgIpc) is 2.85. The Labute approximate surface area is 113 Å². The fourth-order valence-electron chi connectivity index (χ4n) is 1.53. The third-order valence-corrected chi connectivity index (χ3v) is 2.46. The van der Waals surface area contributed by atoms with Crippen molar-refractivity contribution in [2.45, 2.75) is 6.92 Å². The monoisotopic (exact) mass is 277 g/mol. The zero-order chi connectivity index (χ0) is 14.7. The molecule has 0 aliphatic carbocycles. The largest absolute Gasteiger partial charge is 0.494 e. The summed E-state index contributed by atoms with van der Waals surface area (Å²) in [5, 5.41) is 13.2. The van der Waals surface area contributed by atoms with Crippen LogP contribution in [0.4, 0.5) is 11.4 Å². The van der Waals surface area contributed by atoms with Crippen LogP contribution in [-0.2, 0) is 0 Å².